The molecule has 0 bridgehead atoms. The number of ether oxygens (including phenoxy) is 3. The van der Waals surface area contributed by atoms with E-state index in [0.29, 0.717) is 17.1 Å². The lowest BCUT2D eigenvalue weighted by molar-refractivity contribution is -0.125. The summed E-state index contributed by atoms with van der Waals surface area (Å²) in [7, 11) is 4.29. The van der Waals surface area contributed by atoms with E-state index in [1.807, 2.05) is 0 Å². The number of hydrogen-bond acceptors (Lipinski definition) is 8. The first kappa shape index (κ1) is 40.8. The predicted molar refractivity (Wildman–Crippen MR) is 208 cm³/mol. The molecular formula is C43H31Cl2F5N2O8. The normalized spacial score (nSPS) is 26.0. The summed E-state index contributed by atoms with van der Waals surface area (Å²) in [5.41, 5.74) is 0.0114. The number of carbonyl (C=O) groups is 4. The number of nitrogens with zero attached hydrogens (tertiary/aromatic N) is 2. The van der Waals surface area contributed by atoms with Crippen molar-refractivity contribution in [3.05, 3.63) is 118 Å². The number of phenols is 1. The molecule has 1 N–H and O–H groups in total. The summed E-state index contributed by atoms with van der Waals surface area (Å²) >= 11 is 14.4. The molecule has 60 heavy (non-hydrogen) atoms. The molecule has 6 atom stereocenters. The molecule has 3 fully saturated rings. The van der Waals surface area contributed by atoms with Crippen LogP contribution in [0.15, 0.2) is 72.3 Å². The van der Waals surface area contributed by atoms with Crippen molar-refractivity contribution in [3.8, 4) is 23.0 Å². The molecule has 10 nitrogen and oxygen atoms in total. The largest absolute Gasteiger partial charge is 0.508 e. The molecule has 0 radical (unpaired) electrons. The van der Waals surface area contributed by atoms with Crippen LogP contribution >= 0.6 is 23.2 Å². The summed E-state index contributed by atoms with van der Waals surface area (Å²) in [6, 6.07) is 15.5. The van der Waals surface area contributed by atoms with Crippen LogP contribution in [0.25, 0.3) is 12.2 Å². The Balaban J connectivity index is 1.20. The Morgan fingerprint density at radius 1 is 0.717 bits per heavy atom. The number of imide groups is 2. The van der Waals surface area contributed by atoms with Gasteiger partial charge in [-0.3, -0.25) is 24.1 Å². The Labute approximate surface area is 348 Å². The van der Waals surface area contributed by atoms with Gasteiger partial charge in [-0.2, -0.15) is 0 Å². The number of rotatable bonds is 8. The third kappa shape index (κ3) is 5.72. The van der Waals surface area contributed by atoms with E-state index in [-0.39, 0.29) is 39.6 Å². The third-order valence-corrected chi connectivity index (χ3v) is 13.2. The molecule has 4 amide bonds. The van der Waals surface area contributed by atoms with Crippen molar-refractivity contribution in [1.29, 1.82) is 0 Å². The van der Waals surface area contributed by atoms with Gasteiger partial charge in [0.15, 0.2) is 33.0 Å². The molecule has 1 saturated carbocycles. The highest BCUT2D eigenvalue weighted by molar-refractivity contribution is 6.58. The Morgan fingerprint density at radius 2 is 1.37 bits per heavy atom. The zero-order valence-electron chi connectivity index (χ0n) is 31.6. The van der Waals surface area contributed by atoms with E-state index in [9.17, 15) is 37.5 Å². The lowest BCUT2D eigenvalue weighted by Gasteiger charge is -2.50. The van der Waals surface area contributed by atoms with Crippen LogP contribution in [0.5, 0.6) is 23.0 Å². The quantitative estimate of drug-likeness (QED) is 0.0359. The molecule has 17 heteroatoms. The second-order valence-corrected chi connectivity index (χ2v) is 15.9. The number of aromatic hydroxyl groups is 1. The number of carbonyl (C=O) groups excluding carboxylic acids is 4. The zero-order valence-corrected chi connectivity index (χ0v) is 33.1. The molecule has 2 aliphatic heterocycles. The van der Waals surface area contributed by atoms with E-state index in [2.05, 4.69) is 0 Å². The number of halogens is 7. The van der Waals surface area contributed by atoms with Crippen molar-refractivity contribution in [2.24, 2.45) is 17.8 Å². The molecule has 2 aliphatic carbocycles. The molecule has 310 valence electrons. The molecular weight excluding hydrogens is 838 g/mol. The number of hydrogen-bond donors (Lipinski definition) is 1. The number of alkyl halides is 2. The number of allylic oxidation sites excluding steroid dienone is 2. The van der Waals surface area contributed by atoms with Gasteiger partial charge in [-0.05, 0) is 60.7 Å². The van der Waals surface area contributed by atoms with Gasteiger partial charge in [0, 0.05) is 23.1 Å². The van der Waals surface area contributed by atoms with Crippen LogP contribution in [0, 0.1) is 46.8 Å². The summed E-state index contributed by atoms with van der Waals surface area (Å²) in [6.07, 6.45) is 4.41. The maximum Gasteiger partial charge on any atom is 0.258 e. The highest BCUT2D eigenvalue weighted by Crippen LogP contribution is 2.67. The summed E-state index contributed by atoms with van der Waals surface area (Å²) in [5, 5.41) is 10.3. The van der Waals surface area contributed by atoms with Crippen molar-refractivity contribution >= 4 is 70.4 Å². The fourth-order valence-electron chi connectivity index (χ4n) is 9.00. The minimum absolute atomic E-state index is 0.0222. The maximum atomic E-state index is 15.4. The predicted octanol–water partition coefficient (Wildman–Crippen LogP) is 8.05. The second-order valence-electron chi connectivity index (χ2n) is 14.7. The highest BCUT2D eigenvalue weighted by atomic mass is 35.5. The van der Waals surface area contributed by atoms with E-state index in [0.717, 1.165) is 16.5 Å². The molecule has 0 spiro atoms. The van der Waals surface area contributed by atoms with E-state index in [1.165, 1.54) is 33.5 Å². The summed E-state index contributed by atoms with van der Waals surface area (Å²) in [5.74, 6) is -21.0. The van der Waals surface area contributed by atoms with Crippen LogP contribution in [0.3, 0.4) is 0 Å². The van der Waals surface area contributed by atoms with Crippen LogP contribution < -0.4 is 24.0 Å². The number of amides is 4. The van der Waals surface area contributed by atoms with Crippen LogP contribution in [0.2, 0.25) is 0 Å². The molecule has 0 aromatic heterocycles. The SMILES string of the molecule is COc1ccc(OC)c(C=Cc2ccc(N3C(=O)[C@H]4[C@H](CC=C5[C@H]4C[C@@]4(Cl)C(=O)N(c6c(F)c(F)c(F)c(F)c6F)C(=O)[C@@]4(Cl)[C@H]5c4ccc(O)cc4OC)C3=O)cc2)c1. The monoisotopic (exact) mass is 868 g/mol. The van der Waals surface area contributed by atoms with E-state index >= 15 is 8.78 Å². The Bertz CT molecular complexity index is 2580. The van der Waals surface area contributed by atoms with Crippen molar-refractivity contribution < 1.29 is 60.4 Å². The lowest BCUT2D eigenvalue weighted by atomic mass is 9.56. The number of phenolic OH excluding ortho intramolecular Hbond substituents is 1. The first-order chi connectivity index (χ1) is 28.5. The average molecular weight is 870 g/mol. The summed E-state index contributed by atoms with van der Waals surface area (Å²) < 4.78 is 90.3. The van der Waals surface area contributed by atoms with Gasteiger partial charge in [0.25, 0.3) is 11.8 Å². The number of methoxy groups -OCH3 is 3. The second kappa shape index (κ2) is 14.7. The van der Waals surface area contributed by atoms with Crippen molar-refractivity contribution in [3.63, 3.8) is 0 Å². The molecule has 4 aromatic carbocycles. The first-order valence-corrected chi connectivity index (χ1v) is 19.0. The van der Waals surface area contributed by atoms with Gasteiger partial charge in [0.05, 0.1) is 38.9 Å². The van der Waals surface area contributed by atoms with Gasteiger partial charge in [0.1, 0.15) is 28.7 Å². The zero-order chi connectivity index (χ0) is 43.2. The topological polar surface area (TPSA) is 123 Å². The Morgan fingerprint density at radius 3 is 2.00 bits per heavy atom. The minimum Gasteiger partial charge on any atom is -0.508 e. The smallest absolute Gasteiger partial charge is 0.258 e. The maximum absolute atomic E-state index is 15.4. The minimum atomic E-state index is -2.76. The van der Waals surface area contributed by atoms with Gasteiger partial charge < -0.3 is 19.3 Å². The summed E-state index contributed by atoms with van der Waals surface area (Å²) in [4.78, 5) is 53.0. The van der Waals surface area contributed by atoms with Gasteiger partial charge in [-0.25, -0.2) is 26.9 Å². The van der Waals surface area contributed by atoms with E-state index in [1.54, 1.807) is 60.7 Å². The van der Waals surface area contributed by atoms with Gasteiger partial charge in [-0.15, -0.1) is 23.2 Å². The fourth-order valence-corrected chi connectivity index (χ4v) is 9.92. The average Bonchev–Trinajstić information content (AvgIpc) is 3.59. The Kier molecular flexibility index (Phi) is 9.98. The number of benzene rings is 4. The van der Waals surface area contributed by atoms with Gasteiger partial charge >= 0.3 is 0 Å². The van der Waals surface area contributed by atoms with Crippen LogP contribution in [-0.2, 0) is 19.2 Å². The third-order valence-electron chi connectivity index (χ3n) is 11.8. The Hall–Kier alpha value is -5.93. The van der Waals surface area contributed by atoms with Gasteiger partial charge in [-0.1, -0.05) is 42.0 Å². The first-order valence-electron chi connectivity index (χ1n) is 18.3. The van der Waals surface area contributed by atoms with Crippen LogP contribution in [0.4, 0.5) is 33.3 Å². The number of fused-ring (bicyclic) bond motifs is 4. The summed E-state index contributed by atoms with van der Waals surface area (Å²) in [6.45, 7) is 0. The fraction of sp³-hybridized carbons (Fsp3) is 0.256. The molecule has 2 saturated heterocycles. The lowest BCUT2D eigenvalue weighted by Crippen LogP contribution is -2.60. The molecule has 4 aromatic rings. The standard InChI is InChI=1S/C43H31Cl2F5N2O8/c1-58-23-11-15-28(59-2)20(16-23)7-4-19-5-8-21(9-6-19)51-38(54)26-14-13-24-27(30(26)39(51)55)18-42(44)40(56)52(37-35(49)33(47)32(46)34(48)36(37)50)41(57)43(42,45)31(24)25-12-10-22(53)17-29(25)60-3/h4-13,15-17,26-27,30-31,53H,14,18H2,1-3H3/t26-,27+,30-,31+,42+,43-/m0/s1. The molecule has 2 heterocycles. The molecule has 8 rings (SSSR count). The van der Waals surface area contributed by atoms with Crippen molar-refractivity contribution in [2.45, 2.75) is 28.5 Å². The van der Waals surface area contributed by atoms with E-state index < -0.39 is 98.2 Å². The number of anilines is 2. The van der Waals surface area contributed by atoms with Crippen LogP contribution in [-0.4, -0.2) is 59.8 Å². The molecule has 4 aliphatic rings. The molecule has 0 unspecified atom stereocenters. The van der Waals surface area contributed by atoms with Gasteiger partial charge in [0.2, 0.25) is 17.6 Å². The van der Waals surface area contributed by atoms with E-state index in [4.69, 9.17) is 37.4 Å². The van der Waals surface area contributed by atoms with Crippen molar-refractivity contribution in [1.82, 2.24) is 0 Å². The highest BCUT2D eigenvalue weighted by Gasteiger charge is 2.77. The van der Waals surface area contributed by atoms with Crippen LogP contribution in [0.1, 0.15) is 35.4 Å². The van der Waals surface area contributed by atoms with Crippen molar-refractivity contribution in [2.75, 3.05) is 31.1 Å².